The van der Waals surface area contributed by atoms with Crippen LogP contribution in [0.4, 0.5) is 4.39 Å². The maximum Gasteiger partial charge on any atom is 0.127 e. The molecule has 2 unspecified atom stereocenters. The molecule has 1 saturated heterocycles. The first-order valence-electron chi connectivity index (χ1n) is 7.57. The van der Waals surface area contributed by atoms with Gasteiger partial charge >= 0.3 is 0 Å². The zero-order valence-electron chi connectivity index (χ0n) is 12.0. The smallest absolute Gasteiger partial charge is 0.127 e. The summed E-state index contributed by atoms with van der Waals surface area (Å²) in [5.41, 5.74) is 6.70. The van der Waals surface area contributed by atoms with Gasteiger partial charge in [0.2, 0.25) is 0 Å². The second kappa shape index (κ2) is 7.72. The van der Waals surface area contributed by atoms with Crippen molar-refractivity contribution in [1.82, 2.24) is 4.90 Å². The van der Waals surface area contributed by atoms with Crippen LogP contribution in [-0.4, -0.2) is 35.7 Å². The van der Waals surface area contributed by atoms with Gasteiger partial charge in [-0.15, -0.1) is 0 Å². The van der Waals surface area contributed by atoms with E-state index in [4.69, 9.17) is 5.73 Å². The van der Waals surface area contributed by atoms with Gasteiger partial charge in [-0.1, -0.05) is 31.0 Å². The molecule has 1 fully saturated rings. The largest absolute Gasteiger partial charge is 0.395 e. The molecule has 0 radical (unpaired) electrons. The van der Waals surface area contributed by atoms with Gasteiger partial charge in [0, 0.05) is 24.2 Å². The summed E-state index contributed by atoms with van der Waals surface area (Å²) >= 11 is 0. The molecule has 2 rings (SSSR count). The molecule has 0 amide bonds. The highest BCUT2D eigenvalue weighted by Crippen LogP contribution is 2.21. The van der Waals surface area contributed by atoms with Crippen LogP contribution >= 0.6 is 0 Å². The Morgan fingerprint density at radius 2 is 2.10 bits per heavy atom. The molecular weight excluding hydrogens is 255 g/mol. The number of aliphatic hydroxyl groups excluding tert-OH is 1. The molecule has 0 spiro atoms. The average molecular weight is 280 g/mol. The summed E-state index contributed by atoms with van der Waals surface area (Å²) in [6, 6.07) is 6.68. The van der Waals surface area contributed by atoms with E-state index in [2.05, 4.69) is 4.90 Å². The summed E-state index contributed by atoms with van der Waals surface area (Å²) in [6.45, 7) is 2.03. The van der Waals surface area contributed by atoms with Gasteiger partial charge in [-0.2, -0.15) is 0 Å². The lowest BCUT2D eigenvalue weighted by molar-refractivity contribution is 0.121. The second-order valence-corrected chi connectivity index (χ2v) is 5.64. The summed E-state index contributed by atoms with van der Waals surface area (Å²) < 4.78 is 13.7. The minimum atomic E-state index is -0.279. The number of nitrogens with zero attached hydrogens (tertiary/aromatic N) is 1. The Balaban J connectivity index is 1.91. The van der Waals surface area contributed by atoms with Crippen molar-refractivity contribution in [3.8, 4) is 0 Å². The van der Waals surface area contributed by atoms with E-state index in [0.717, 1.165) is 25.9 Å². The van der Waals surface area contributed by atoms with Gasteiger partial charge in [-0.05, 0) is 31.9 Å². The number of hydrogen-bond acceptors (Lipinski definition) is 3. The number of benzene rings is 1. The van der Waals surface area contributed by atoms with Crippen LogP contribution in [0.5, 0.6) is 0 Å². The van der Waals surface area contributed by atoms with Crippen LogP contribution in [0.1, 0.15) is 43.7 Å². The summed E-state index contributed by atoms with van der Waals surface area (Å²) in [5.74, 6) is -0.227. The van der Waals surface area contributed by atoms with Crippen molar-refractivity contribution in [2.24, 2.45) is 5.73 Å². The molecule has 3 N–H and O–H groups in total. The minimum absolute atomic E-state index is 0.203. The van der Waals surface area contributed by atoms with Crippen LogP contribution in [0.15, 0.2) is 24.3 Å². The molecule has 20 heavy (non-hydrogen) atoms. The van der Waals surface area contributed by atoms with Crippen molar-refractivity contribution in [3.63, 3.8) is 0 Å². The van der Waals surface area contributed by atoms with Gasteiger partial charge in [-0.3, -0.25) is 4.90 Å². The molecule has 1 aliphatic rings. The molecule has 0 saturated carbocycles. The number of likely N-dealkylation sites (tertiary alicyclic amines) is 1. The Kier molecular flexibility index (Phi) is 5.95. The highest BCUT2D eigenvalue weighted by Gasteiger charge is 2.21. The third-order valence-corrected chi connectivity index (χ3v) is 4.24. The Morgan fingerprint density at radius 3 is 2.85 bits per heavy atom. The lowest BCUT2D eigenvalue weighted by Crippen LogP contribution is -2.39. The molecular formula is C16H25FN2O. The molecule has 1 aliphatic heterocycles. The van der Waals surface area contributed by atoms with Crippen molar-refractivity contribution >= 4 is 0 Å². The highest BCUT2D eigenvalue weighted by atomic mass is 19.1. The molecule has 0 aliphatic carbocycles. The molecule has 1 aromatic carbocycles. The van der Waals surface area contributed by atoms with Crippen molar-refractivity contribution in [3.05, 3.63) is 35.6 Å². The van der Waals surface area contributed by atoms with E-state index in [-0.39, 0.29) is 24.5 Å². The van der Waals surface area contributed by atoms with Gasteiger partial charge in [0.15, 0.2) is 0 Å². The molecule has 112 valence electrons. The van der Waals surface area contributed by atoms with E-state index >= 15 is 0 Å². The third-order valence-electron chi connectivity index (χ3n) is 4.24. The normalized spacial score (nSPS) is 22.4. The maximum absolute atomic E-state index is 13.7. The summed E-state index contributed by atoms with van der Waals surface area (Å²) in [4.78, 5) is 2.31. The van der Waals surface area contributed by atoms with E-state index in [0.29, 0.717) is 5.56 Å². The average Bonchev–Trinajstić information content (AvgIpc) is 2.70. The number of hydrogen-bond donors (Lipinski definition) is 2. The van der Waals surface area contributed by atoms with Gasteiger partial charge in [0.25, 0.3) is 0 Å². The predicted molar refractivity (Wildman–Crippen MR) is 78.9 cm³/mol. The van der Waals surface area contributed by atoms with E-state index in [1.807, 2.05) is 6.07 Å². The molecule has 1 aromatic rings. The first-order valence-corrected chi connectivity index (χ1v) is 7.57. The summed E-state index contributed by atoms with van der Waals surface area (Å²) in [7, 11) is 0. The van der Waals surface area contributed by atoms with Gasteiger partial charge in [-0.25, -0.2) is 4.39 Å². The summed E-state index contributed by atoms with van der Waals surface area (Å²) in [6.07, 6.45) is 5.35. The van der Waals surface area contributed by atoms with Crippen LogP contribution in [0.25, 0.3) is 0 Å². The minimum Gasteiger partial charge on any atom is -0.395 e. The van der Waals surface area contributed by atoms with E-state index < -0.39 is 0 Å². The Morgan fingerprint density at radius 1 is 1.30 bits per heavy atom. The quantitative estimate of drug-likeness (QED) is 0.871. The standard InChI is InChI=1S/C16H25FN2O/c17-15-8-4-3-7-14(15)16(18)9-11-19-10-5-1-2-6-13(19)12-20/h3-4,7-8,13,16,20H,1-2,5-6,9-12,18H2. The fourth-order valence-electron chi connectivity index (χ4n) is 2.97. The lowest BCUT2D eigenvalue weighted by atomic mass is 10.0. The molecule has 0 aromatic heterocycles. The van der Waals surface area contributed by atoms with Crippen molar-refractivity contribution in [1.29, 1.82) is 0 Å². The molecule has 2 atom stereocenters. The first kappa shape index (κ1) is 15.4. The molecule has 1 heterocycles. The number of halogens is 1. The number of rotatable bonds is 5. The SMILES string of the molecule is NC(CCN1CCCCCC1CO)c1ccccc1F. The number of aliphatic hydroxyl groups is 1. The Labute approximate surface area is 120 Å². The van der Waals surface area contributed by atoms with Gasteiger partial charge in [0.05, 0.1) is 6.61 Å². The van der Waals surface area contributed by atoms with Crippen LogP contribution < -0.4 is 5.73 Å². The Hall–Kier alpha value is -0.970. The second-order valence-electron chi connectivity index (χ2n) is 5.64. The van der Waals surface area contributed by atoms with E-state index in [1.165, 1.54) is 25.3 Å². The fourth-order valence-corrected chi connectivity index (χ4v) is 2.97. The topological polar surface area (TPSA) is 49.5 Å². The zero-order chi connectivity index (χ0) is 14.4. The van der Waals surface area contributed by atoms with Crippen LogP contribution in [0.3, 0.4) is 0 Å². The van der Waals surface area contributed by atoms with Crippen molar-refractivity contribution < 1.29 is 9.50 Å². The van der Waals surface area contributed by atoms with Crippen LogP contribution in [0, 0.1) is 5.82 Å². The van der Waals surface area contributed by atoms with Crippen molar-refractivity contribution in [2.75, 3.05) is 19.7 Å². The van der Waals surface area contributed by atoms with Crippen LogP contribution in [-0.2, 0) is 0 Å². The van der Waals surface area contributed by atoms with Crippen LogP contribution in [0.2, 0.25) is 0 Å². The fraction of sp³-hybridized carbons (Fsp3) is 0.625. The van der Waals surface area contributed by atoms with E-state index in [1.54, 1.807) is 12.1 Å². The van der Waals surface area contributed by atoms with Crippen molar-refractivity contribution in [2.45, 2.75) is 44.2 Å². The third kappa shape index (κ3) is 4.01. The number of nitrogens with two attached hydrogens (primary N) is 1. The zero-order valence-corrected chi connectivity index (χ0v) is 12.0. The predicted octanol–water partition coefficient (Wildman–Crippen LogP) is 2.45. The first-order chi connectivity index (χ1) is 9.72. The molecule has 3 nitrogen and oxygen atoms in total. The highest BCUT2D eigenvalue weighted by molar-refractivity contribution is 5.20. The Bertz CT molecular complexity index is 413. The maximum atomic E-state index is 13.7. The molecule has 4 heteroatoms. The van der Waals surface area contributed by atoms with E-state index in [9.17, 15) is 9.50 Å². The van der Waals surface area contributed by atoms with Gasteiger partial charge < -0.3 is 10.8 Å². The van der Waals surface area contributed by atoms with Gasteiger partial charge in [0.1, 0.15) is 5.82 Å². The monoisotopic (exact) mass is 280 g/mol. The molecule has 0 bridgehead atoms. The summed E-state index contributed by atoms with van der Waals surface area (Å²) in [5, 5.41) is 9.48. The lowest BCUT2D eigenvalue weighted by Gasteiger charge is -2.29.